The van der Waals surface area contributed by atoms with E-state index in [4.69, 9.17) is 0 Å². The van der Waals surface area contributed by atoms with E-state index in [-0.39, 0.29) is 11.9 Å². The summed E-state index contributed by atoms with van der Waals surface area (Å²) in [6.07, 6.45) is 0.454. The average Bonchev–Trinajstić information content (AvgIpc) is 2.90. The third-order valence-corrected chi connectivity index (χ3v) is 7.34. The van der Waals surface area contributed by atoms with E-state index < -0.39 is 0 Å². The number of benzene rings is 3. The van der Waals surface area contributed by atoms with Crippen LogP contribution in [0.3, 0.4) is 0 Å². The van der Waals surface area contributed by atoms with Crippen LogP contribution in [-0.2, 0) is 11.2 Å². The van der Waals surface area contributed by atoms with Crippen LogP contribution in [0, 0.1) is 6.92 Å². The van der Waals surface area contributed by atoms with Crippen LogP contribution < -0.4 is 15.5 Å². The van der Waals surface area contributed by atoms with E-state index in [2.05, 4.69) is 74.4 Å². The Morgan fingerprint density at radius 3 is 1.95 bits per heavy atom. The smallest absolute Gasteiger partial charge is 0.323 e. The Morgan fingerprint density at radius 2 is 1.37 bits per heavy atom. The lowest BCUT2D eigenvalue weighted by molar-refractivity contribution is -0.130. The van der Waals surface area contributed by atoms with E-state index in [1.807, 2.05) is 47.4 Å². The molecule has 0 aliphatic carbocycles. The SMILES string of the molecule is Cc1ccccc1CC(=O)N1CCN(c2ccc(NC(=O)Nc3c(C(C)C)cccc3C(C)C)cc2)CC1. The number of carbonyl (C=O) groups is 2. The number of urea groups is 1. The summed E-state index contributed by atoms with van der Waals surface area (Å²) in [6, 6.07) is 22.0. The van der Waals surface area contributed by atoms with Crippen LogP contribution in [0.15, 0.2) is 66.7 Å². The molecule has 1 fully saturated rings. The summed E-state index contributed by atoms with van der Waals surface area (Å²) in [5.74, 6) is 0.798. The fourth-order valence-electron chi connectivity index (χ4n) is 5.02. The molecule has 1 aliphatic rings. The molecule has 38 heavy (non-hydrogen) atoms. The largest absolute Gasteiger partial charge is 0.368 e. The van der Waals surface area contributed by atoms with Gasteiger partial charge in [-0.25, -0.2) is 4.79 Å². The fourth-order valence-corrected chi connectivity index (χ4v) is 5.02. The first-order chi connectivity index (χ1) is 18.2. The van der Waals surface area contributed by atoms with Gasteiger partial charge in [0.1, 0.15) is 0 Å². The molecule has 1 saturated heterocycles. The number of aryl methyl sites for hydroxylation is 1. The lowest BCUT2D eigenvalue weighted by Crippen LogP contribution is -2.49. The molecule has 4 rings (SSSR count). The highest BCUT2D eigenvalue weighted by molar-refractivity contribution is 6.01. The first kappa shape index (κ1) is 27.2. The molecular formula is C32H40N4O2. The highest BCUT2D eigenvalue weighted by Gasteiger charge is 2.22. The van der Waals surface area contributed by atoms with Crippen LogP contribution in [0.5, 0.6) is 0 Å². The van der Waals surface area contributed by atoms with Gasteiger partial charge in [-0.05, 0) is 65.3 Å². The van der Waals surface area contributed by atoms with Crippen molar-refractivity contribution in [3.05, 3.63) is 89.0 Å². The van der Waals surface area contributed by atoms with Gasteiger partial charge in [0.25, 0.3) is 0 Å². The van der Waals surface area contributed by atoms with Crippen molar-refractivity contribution in [3.8, 4) is 0 Å². The zero-order chi connectivity index (χ0) is 27.2. The van der Waals surface area contributed by atoms with Crippen molar-refractivity contribution in [2.24, 2.45) is 0 Å². The van der Waals surface area contributed by atoms with Gasteiger partial charge in [0.2, 0.25) is 5.91 Å². The van der Waals surface area contributed by atoms with Crippen molar-refractivity contribution in [2.75, 3.05) is 41.7 Å². The van der Waals surface area contributed by atoms with Gasteiger partial charge in [0, 0.05) is 43.2 Å². The van der Waals surface area contributed by atoms with E-state index in [1.54, 1.807) is 0 Å². The van der Waals surface area contributed by atoms with Gasteiger partial charge in [-0.3, -0.25) is 4.79 Å². The summed E-state index contributed by atoms with van der Waals surface area (Å²) in [5, 5.41) is 6.09. The van der Waals surface area contributed by atoms with E-state index in [0.29, 0.717) is 31.3 Å². The number of hydrogen-bond acceptors (Lipinski definition) is 3. The Hall–Kier alpha value is -3.80. The topological polar surface area (TPSA) is 64.7 Å². The van der Waals surface area contributed by atoms with Crippen LogP contribution in [-0.4, -0.2) is 43.0 Å². The minimum atomic E-state index is -0.242. The van der Waals surface area contributed by atoms with Crippen molar-refractivity contribution in [2.45, 2.75) is 52.9 Å². The second-order valence-corrected chi connectivity index (χ2v) is 10.7. The third kappa shape index (κ3) is 6.55. The number of anilines is 3. The molecule has 1 heterocycles. The number of hydrogen-bond donors (Lipinski definition) is 2. The van der Waals surface area contributed by atoms with Gasteiger partial charge in [0.15, 0.2) is 0 Å². The zero-order valence-corrected chi connectivity index (χ0v) is 23.3. The Morgan fingerprint density at radius 1 is 0.763 bits per heavy atom. The molecule has 3 amide bonds. The number of nitrogens with zero attached hydrogens (tertiary/aromatic N) is 2. The van der Waals surface area contributed by atoms with Crippen molar-refractivity contribution in [3.63, 3.8) is 0 Å². The molecule has 6 nitrogen and oxygen atoms in total. The molecule has 0 radical (unpaired) electrons. The predicted molar refractivity (Wildman–Crippen MR) is 157 cm³/mol. The highest BCUT2D eigenvalue weighted by atomic mass is 16.2. The molecule has 0 aromatic heterocycles. The number of para-hydroxylation sites is 1. The summed E-state index contributed by atoms with van der Waals surface area (Å²) in [5.41, 5.74) is 7.27. The zero-order valence-electron chi connectivity index (χ0n) is 23.3. The Labute approximate surface area is 227 Å². The van der Waals surface area contributed by atoms with Crippen LogP contribution in [0.1, 0.15) is 61.8 Å². The van der Waals surface area contributed by atoms with Crippen LogP contribution in [0.4, 0.5) is 21.9 Å². The van der Waals surface area contributed by atoms with Crippen molar-refractivity contribution in [1.82, 2.24) is 4.90 Å². The van der Waals surface area contributed by atoms with E-state index in [9.17, 15) is 9.59 Å². The van der Waals surface area contributed by atoms with Crippen LogP contribution in [0.2, 0.25) is 0 Å². The summed E-state index contributed by atoms with van der Waals surface area (Å²) in [6.45, 7) is 13.6. The third-order valence-electron chi connectivity index (χ3n) is 7.34. The maximum atomic E-state index is 12.9. The van der Waals surface area contributed by atoms with Gasteiger partial charge < -0.3 is 20.4 Å². The van der Waals surface area contributed by atoms with Gasteiger partial charge in [-0.2, -0.15) is 0 Å². The minimum absolute atomic E-state index is 0.184. The minimum Gasteiger partial charge on any atom is -0.368 e. The van der Waals surface area contributed by atoms with Crippen LogP contribution in [0.25, 0.3) is 0 Å². The van der Waals surface area contributed by atoms with Crippen molar-refractivity contribution in [1.29, 1.82) is 0 Å². The average molecular weight is 513 g/mol. The lowest BCUT2D eigenvalue weighted by Gasteiger charge is -2.36. The Kier molecular flexibility index (Phi) is 8.72. The number of piperazine rings is 1. The maximum absolute atomic E-state index is 12.9. The summed E-state index contributed by atoms with van der Waals surface area (Å²) in [4.78, 5) is 30.0. The Balaban J connectivity index is 1.32. The molecule has 0 spiro atoms. The first-order valence-electron chi connectivity index (χ1n) is 13.6. The normalized spacial score (nSPS) is 13.7. The van der Waals surface area contributed by atoms with Crippen LogP contribution >= 0.6 is 0 Å². The standard InChI is InChI=1S/C32H40N4O2/c1-22(2)28-11-8-12-29(23(3)4)31(28)34-32(38)33-26-13-15-27(16-14-26)35-17-19-36(20-18-35)30(37)21-25-10-7-6-9-24(25)5/h6-16,22-23H,17-21H2,1-5H3,(H2,33,34,38). The number of nitrogens with one attached hydrogen (secondary N) is 2. The molecule has 1 aliphatic heterocycles. The van der Waals surface area contributed by atoms with E-state index in [0.717, 1.165) is 52.4 Å². The van der Waals surface area contributed by atoms with Gasteiger partial charge in [0.05, 0.1) is 6.42 Å². The van der Waals surface area contributed by atoms with Gasteiger partial charge in [-0.1, -0.05) is 70.2 Å². The molecule has 0 unspecified atom stereocenters. The van der Waals surface area contributed by atoms with Crippen molar-refractivity contribution < 1.29 is 9.59 Å². The molecule has 6 heteroatoms. The monoisotopic (exact) mass is 512 g/mol. The molecule has 3 aromatic rings. The summed E-state index contributed by atoms with van der Waals surface area (Å²) in [7, 11) is 0. The summed E-state index contributed by atoms with van der Waals surface area (Å²) < 4.78 is 0. The quantitative estimate of drug-likeness (QED) is 0.367. The number of rotatable bonds is 7. The molecule has 200 valence electrons. The second kappa shape index (κ2) is 12.2. The molecule has 0 saturated carbocycles. The molecule has 3 aromatic carbocycles. The van der Waals surface area contributed by atoms with Crippen molar-refractivity contribution >= 4 is 29.0 Å². The molecule has 0 bridgehead atoms. The maximum Gasteiger partial charge on any atom is 0.323 e. The summed E-state index contributed by atoms with van der Waals surface area (Å²) >= 11 is 0. The number of carbonyl (C=O) groups excluding carboxylic acids is 2. The predicted octanol–water partition coefficient (Wildman–Crippen LogP) is 6.78. The second-order valence-electron chi connectivity index (χ2n) is 10.7. The molecule has 0 atom stereocenters. The highest BCUT2D eigenvalue weighted by Crippen LogP contribution is 2.32. The van der Waals surface area contributed by atoms with Gasteiger partial charge >= 0.3 is 6.03 Å². The molecule has 2 N–H and O–H groups in total. The Bertz CT molecular complexity index is 1230. The lowest BCUT2D eigenvalue weighted by atomic mass is 9.93. The number of amides is 3. The molecular weight excluding hydrogens is 472 g/mol. The van der Waals surface area contributed by atoms with Gasteiger partial charge in [-0.15, -0.1) is 0 Å². The van der Waals surface area contributed by atoms with E-state index in [1.165, 1.54) is 0 Å². The fraction of sp³-hybridized carbons (Fsp3) is 0.375. The van der Waals surface area contributed by atoms with E-state index >= 15 is 0 Å². The first-order valence-corrected chi connectivity index (χ1v) is 13.6.